The number of nitrogens with one attached hydrogen (secondary N) is 1. The van der Waals surface area contributed by atoms with E-state index in [0.717, 1.165) is 25.3 Å². The molecule has 3 heteroatoms. The lowest BCUT2D eigenvalue weighted by atomic mass is 9.82. The van der Waals surface area contributed by atoms with Crippen molar-refractivity contribution in [1.29, 1.82) is 0 Å². The molecule has 0 radical (unpaired) electrons. The number of nitrogens with two attached hydrogens (primary N) is 1. The van der Waals surface area contributed by atoms with Crippen molar-refractivity contribution in [2.24, 2.45) is 11.7 Å². The summed E-state index contributed by atoms with van der Waals surface area (Å²) in [5.41, 5.74) is 5.85. The first-order valence-corrected chi connectivity index (χ1v) is 5.91. The standard InChI is InChI=1S/C11H22N2O/c12-9-1-3-10(4-2-9)13-7-8-5-11(14)6-8/h8-11,13-14H,1-7,12H2. The molecule has 2 rings (SSSR count). The van der Waals surface area contributed by atoms with Crippen LogP contribution in [0, 0.1) is 5.92 Å². The molecule has 4 N–H and O–H groups in total. The van der Waals surface area contributed by atoms with Gasteiger partial charge in [0.15, 0.2) is 0 Å². The summed E-state index contributed by atoms with van der Waals surface area (Å²) in [5.74, 6) is 0.723. The van der Waals surface area contributed by atoms with E-state index in [0.29, 0.717) is 12.1 Å². The molecule has 14 heavy (non-hydrogen) atoms. The van der Waals surface area contributed by atoms with Crippen molar-refractivity contribution in [3.05, 3.63) is 0 Å². The first-order chi connectivity index (χ1) is 6.74. The molecule has 2 fully saturated rings. The first kappa shape index (κ1) is 10.4. The fourth-order valence-electron chi connectivity index (χ4n) is 2.52. The topological polar surface area (TPSA) is 58.3 Å². The van der Waals surface area contributed by atoms with Crippen LogP contribution in [-0.2, 0) is 0 Å². The fraction of sp³-hybridized carbons (Fsp3) is 1.00. The second-order valence-electron chi connectivity index (χ2n) is 5.01. The Hall–Kier alpha value is -0.120. The average molecular weight is 198 g/mol. The Morgan fingerprint density at radius 2 is 1.79 bits per heavy atom. The van der Waals surface area contributed by atoms with Gasteiger partial charge in [-0.2, -0.15) is 0 Å². The Kier molecular flexibility index (Phi) is 3.42. The molecular formula is C11H22N2O. The predicted molar refractivity (Wildman–Crippen MR) is 57.0 cm³/mol. The number of aliphatic hydroxyl groups is 1. The van der Waals surface area contributed by atoms with Crippen LogP contribution in [-0.4, -0.2) is 29.8 Å². The highest BCUT2D eigenvalue weighted by Crippen LogP contribution is 2.27. The average Bonchev–Trinajstić information content (AvgIpc) is 2.13. The zero-order valence-corrected chi connectivity index (χ0v) is 8.78. The van der Waals surface area contributed by atoms with Crippen LogP contribution in [0.5, 0.6) is 0 Å². The van der Waals surface area contributed by atoms with Crippen LogP contribution < -0.4 is 11.1 Å². The van der Waals surface area contributed by atoms with Gasteiger partial charge in [0.05, 0.1) is 6.10 Å². The third-order valence-electron chi connectivity index (χ3n) is 3.68. The summed E-state index contributed by atoms with van der Waals surface area (Å²) in [6, 6.07) is 1.13. The number of aliphatic hydroxyl groups excluding tert-OH is 1. The molecule has 2 aliphatic carbocycles. The normalized spacial score (nSPS) is 43.3. The maximum atomic E-state index is 9.15. The Morgan fingerprint density at radius 3 is 2.36 bits per heavy atom. The summed E-state index contributed by atoms with van der Waals surface area (Å²) in [5, 5.41) is 12.7. The van der Waals surface area contributed by atoms with Gasteiger partial charge >= 0.3 is 0 Å². The molecule has 0 heterocycles. The van der Waals surface area contributed by atoms with E-state index in [1.807, 2.05) is 0 Å². The molecule has 0 atom stereocenters. The largest absolute Gasteiger partial charge is 0.393 e. The molecule has 0 spiro atoms. The lowest BCUT2D eigenvalue weighted by Crippen LogP contribution is -2.43. The molecule has 0 unspecified atom stereocenters. The van der Waals surface area contributed by atoms with Gasteiger partial charge in [-0.05, 0) is 51.0 Å². The Labute approximate surface area is 86.1 Å². The quantitative estimate of drug-likeness (QED) is 0.623. The molecule has 0 aliphatic heterocycles. The van der Waals surface area contributed by atoms with Crippen LogP contribution in [0.25, 0.3) is 0 Å². The van der Waals surface area contributed by atoms with Crippen molar-refractivity contribution < 1.29 is 5.11 Å². The monoisotopic (exact) mass is 198 g/mol. The van der Waals surface area contributed by atoms with E-state index in [4.69, 9.17) is 10.8 Å². The van der Waals surface area contributed by atoms with E-state index in [2.05, 4.69) is 5.32 Å². The van der Waals surface area contributed by atoms with Gasteiger partial charge in [-0.1, -0.05) is 0 Å². The highest BCUT2D eigenvalue weighted by atomic mass is 16.3. The van der Waals surface area contributed by atoms with Crippen molar-refractivity contribution in [3.8, 4) is 0 Å². The molecule has 0 aromatic rings. The van der Waals surface area contributed by atoms with Gasteiger partial charge in [-0.25, -0.2) is 0 Å². The van der Waals surface area contributed by atoms with Crippen molar-refractivity contribution in [2.45, 2.75) is 56.7 Å². The van der Waals surface area contributed by atoms with Crippen molar-refractivity contribution >= 4 is 0 Å². The van der Waals surface area contributed by atoms with Crippen LogP contribution >= 0.6 is 0 Å². The van der Waals surface area contributed by atoms with E-state index in [1.54, 1.807) is 0 Å². The van der Waals surface area contributed by atoms with Gasteiger partial charge in [-0.15, -0.1) is 0 Å². The predicted octanol–water partition coefficient (Wildman–Crippen LogP) is 0.617. The zero-order valence-electron chi connectivity index (χ0n) is 8.78. The van der Waals surface area contributed by atoms with Gasteiger partial charge in [0.1, 0.15) is 0 Å². The smallest absolute Gasteiger partial charge is 0.0546 e. The Bertz CT molecular complexity index is 172. The Morgan fingerprint density at radius 1 is 1.14 bits per heavy atom. The van der Waals surface area contributed by atoms with Crippen molar-refractivity contribution in [1.82, 2.24) is 5.32 Å². The second kappa shape index (κ2) is 4.60. The fourth-order valence-corrected chi connectivity index (χ4v) is 2.52. The minimum Gasteiger partial charge on any atom is -0.393 e. The minimum atomic E-state index is -0.0124. The maximum Gasteiger partial charge on any atom is 0.0546 e. The zero-order chi connectivity index (χ0) is 9.97. The summed E-state index contributed by atoms with van der Waals surface area (Å²) in [6.07, 6.45) is 6.79. The van der Waals surface area contributed by atoms with E-state index in [9.17, 15) is 0 Å². The molecule has 82 valence electrons. The van der Waals surface area contributed by atoms with Crippen LogP contribution in [0.4, 0.5) is 0 Å². The summed E-state index contributed by atoms with van der Waals surface area (Å²) >= 11 is 0. The molecule has 2 aliphatic rings. The van der Waals surface area contributed by atoms with Crippen molar-refractivity contribution in [3.63, 3.8) is 0 Å². The van der Waals surface area contributed by atoms with Crippen LogP contribution in [0.15, 0.2) is 0 Å². The van der Waals surface area contributed by atoms with E-state index in [-0.39, 0.29) is 6.10 Å². The summed E-state index contributed by atoms with van der Waals surface area (Å²) < 4.78 is 0. The summed E-state index contributed by atoms with van der Waals surface area (Å²) in [4.78, 5) is 0. The molecule has 2 saturated carbocycles. The minimum absolute atomic E-state index is 0.0124. The number of rotatable bonds is 3. The van der Waals surface area contributed by atoms with Gasteiger partial charge in [0, 0.05) is 12.1 Å². The van der Waals surface area contributed by atoms with E-state index < -0.39 is 0 Å². The van der Waals surface area contributed by atoms with Crippen LogP contribution in [0.2, 0.25) is 0 Å². The lowest BCUT2D eigenvalue weighted by Gasteiger charge is -2.34. The third kappa shape index (κ3) is 2.69. The molecule has 0 amide bonds. The lowest BCUT2D eigenvalue weighted by molar-refractivity contribution is 0.0412. The summed E-state index contributed by atoms with van der Waals surface area (Å²) in [6.45, 7) is 1.09. The molecule has 0 aromatic heterocycles. The molecule has 3 nitrogen and oxygen atoms in total. The molecule has 0 aromatic carbocycles. The molecule has 0 bridgehead atoms. The first-order valence-electron chi connectivity index (χ1n) is 5.91. The summed E-state index contributed by atoms with van der Waals surface area (Å²) in [7, 11) is 0. The maximum absolute atomic E-state index is 9.15. The highest BCUT2D eigenvalue weighted by Gasteiger charge is 2.27. The molecular weight excluding hydrogens is 176 g/mol. The van der Waals surface area contributed by atoms with Crippen LogP contribution in [0.1, 0.15) is 38.5 Å². The SMILES string of the molecule is NC1CCC(NCC2CC(O)C2)CC1. The number of hydrogen-bond acceptors (Lipinski definition) is 3. The van der Waals surface area contributed by atoms with Crippen LogP contribution in [0.3, 0.4) is 0 Å². The van der Waals surface area contributed by atoms with Gasteiger partial charge in [0.25, 0.3) is 0 Å². The second-order valence-corrected chi connectivity index (χ2v) is 5.01. The molecule has 0 saturated heterocycles. The Balaban J connectivity index is 1.57. The van der Waals surface area contributed by atoms with Gasteiger partial charge < -0.3 is 16.2 Å². The van der Waals surface area contributed by atoms with E-state index in [1.165, 1.54) is 25.7 Å². The highest BCUT2D eigenvalue weighted by molar-refractivity contribution is 4.84. The number of hydrogen-bond donors (Lipinski definition) is 3. The van der Waals surface area contributed by atoms with Gasteiger partial charge in [0.2, 0.25) is 0 Å². The van der Waals surface area contributed by atoms with Crippen molar-refractivity contribution in [2.75, 3.05) is 6.54 Å². The van der Waals surface area contributed by atoms with Gasteiger partial charge in [-0.3, -0.25) is 0 Å². The third-order valence-corrected chi connectivity index (χ3v) is 3.68. The van der Waals surface area contributed by atoms with E-state index >= 15 is 0 Å².